The van der Waals surface area contributed by atoms with Crippen LogP contribution in [-0.2, 0) is 0 Å². The second kappa shape index (κ2) is 8.67. The molecule has 1 unspecified atom stereocenters. The highest BCUT2D eigenvalue weighted by Crippen LogP contribution is 2.35. The van der Waals surface area contributed by atoms with Crippen LogP contribution in [0.3, 0.4) is 0 Å². The Hall–Kier alpha value is -3.85. The number of rotatable bonds is 5. The van der Waals surface area contributed by atoms with E-state index >= 15 is 0 Å². The number of aromatic nitrogens is 2. The molecular weight excluding hydrogens is 460 g/mol. The molecule has 1 atom stereocenters. The van der Waals surface area contributed by atoms with Crippen LogP contribution in [0.5, 0.6) is 11.5 Å². The number of furan rings is 1. The molecule has 1 saturated heterocycles. The number of carbonyl (C=O) groups is 2. The zero-order chi connectivity index (χ0) is 25.8. The van der Waals surface area contributed by atoms with Crippen molar-refractivity contribution < 1.29 is 23.8 Å². The van der Waals surface area contributed by atoms with Crippen molar-refractivity contribution >= 4 is 28.3 Å². The Morgan fingerprint density at radius 2 is 2.03 bits per heavy atom. The summed E-state index contributed by atoms with van der Waals surface area (Å²) in [6.07, 6.45) is 3.88. The van der Waals surface area contributed by atoms with Gasteiger partial charge in [0.15, 0.2) is 5.75 Å². The smallest absolute Gasteiger partial charge is 0.255 e. The predicted octanol–water partition coefficient (Wildman–Crippen LogP) is 4.08. The SMILES string of the molecule is CNC(=O)c1c(C)oc2cc(Oc3ccnn4cc(C(=O)N5CCC(O)(C(C)C)C5)c(C)c34)ccc12. The molecule has 1 aromatic carbocycles. The fourth-order valence-corrected chi connectivity index (χ4v) is 4.95. The fourth-order valence-electron chi connectivity index (χ4n) is 4.95. The summed E-state index contributed by atoms with van der Waals surface area (Å²) in [6, 6.07) is 7.07. The maximum Gasteiger partial charge on any atom is 0.255 e. The number of ether oxygens (including phenoxy) is 1. The van der Waals surface area contributed by atoms with Gasteiger partial charge in [-0.05, 0) is 43.9 Å². The summed E-state index contributed by atoms with van der Waals surface area (Å²) in [7, 11) is 1.58. The van der Waals surface area contributed by atoms with Crippen LogP contribution in [0.2, 0.25) is 0 Å². The lowest BCUT2D eigenvalue weighted by molar-refractivity contribution is 0.00520. The summed E-state index contributed by atoms with van der Waals surface area (Å²) in [5, 5.41) is 18.6. The molecule has 3 aromatic heterocycles. The highest BCUT2D eigenvalue weighted by molar-refractivity contribution is 6.07. The molecule has 2 amide bonds. The van der Waals surface area contributed by atoms with Gasteiger partial charge in [-0.15, -0.1) is 0 Å². The second-order valence-electron chi connectivity index (χ2n) is 9.76. The van der Waals surface area contributed by atoms with E-state index in [1.807, 2.05) is 20.8 Å². The van der Waals surface area contributed by atoms with E-state index in [4.69, 9.17) is 9.15 Å². The third-order valence-electron chi connectivity index (χ3n) is 7.28. The van der Waals surface area contributed by atoms with Gasteiger partial charge in [-0.3, -0.25) is 9.59 Å². The number of benzene rings is 1. The van der Waals surface area contributed by atoms with Crippen molar-refractivity contribution in [3.63, 3.8) is 0 Å². The summed E-state index contributed by atoms with van der Waals surface area (Å²) in [4.78, 5) is 27.3. The van der Waals surface area contributed by atoms with E-state index < -0.39 is 5.60 Å². The molecule has 0 aliphatic carbocycles. The number of hydrogen-bond donors (Lipinski definition) is 2. The predicted molar refractivity (Wildman–Crippen MR) is 135 cm³/mol. The van der Waals surface area contributed by atoms with Crippen molar-refractivity contribution in [3.05, 3.63) is 59.1 Å². The molecule has 36 heavy (non-hydrogen) atoms. The van der Waals surface area contributed by atoms with Gasteiger partial charge in [0, 0.05) is 37.3 Å². The number of nitrogens with zero attached hydrogens (tertiary/aromatic N) is 3. The minimum absolute atomic E-state index is 0.0638. The Morgan fingerprint density at radius 3 is 2.72 bits per heavy atom. The quantitative estimate of drug-likeness (QED) is 0.436. The third kappa shape index (κ3) is 3.80. The first-order chi connectivity index (χ1) is 17.1. The van der Waals surface area contributed by atoms with Gasteiger partial charge < -0.3 is 24.5 Å². The van der Waals surface area contributed by atoms with Gasteiger partial charge in [0.05, 0.1) is 29.5 Å². The largest absolute Gasteiger partial charge is 0.460 e. The topological polar surface area (TPSA) is 109 Å². The van der Waals surface area contributed by atoms with Crippen molar-refractivity contribution in [1.29, 1.82) is 0 Å². The maximum absolute atomic E-state index is 13.4. The number of aliphatic hydroxyl groups is 1. The highest BCUT2D eigenvalue weighted by atomic mass is 16.5. The molecular formula is C27H30N4O5. The second-order valence-corrected chi connectivity index (χ2v) is 9.76. The van der Waals surface area contributed by atoms with Crippen LogP contribution in [0.15, 0.2) is 41.1 Å². The normalized spacial score (nSPS) is 17.9. The van der Waals surface area contributed by atoms with Crippen LogP contribution in [0, 0.1) is 19.8 Å². The number of amides is 2. The van der Waals surface area contributed by atoms with Gasteiger partial charge in [-0.2, -0.15) is 5.10 Å². The zero-order valence-electron chi connectivity index (χ0n) is 21.1. The van der Waals surface area contributed by atoms with E-state index in [0.717, 1.165) is 5.56 Å². The molecule has 0 spiro atoms. The van der Waals surface area contributed by atoms with Crippen molar-refractivity contribution in [2.24, 2.45) is 5.92 Å². The number of aryl methyl sites for hydroxylation is 2. The van der Waals surface area contributed by atoms with E-state index in [1.54, 1.807) is 60.0 Å². The molecule has 2 N–H and O–H groups in total. The summed E-state index contributed by atoms with van der Waals surface area (Å²) >= 11 is 0. The van der Waals surface area contributed by atoms with Crippen molar-refractivity contribution in [3.8, 4) is 11.5 Å². The zero-order valence-corrected chi connectivity index (χ0v) is 21.1. The molecule has 4 aromatic rings. The van der Waals surface area contributed by atoms with Crippen molar-refractivity contribution in [1.82, 2.24) is 19.8 Å². The van der Waals surface area contributed by atoms with Crippen LogP contribution in [0.25, 0.3) is 16.5 Å². The van der Waals surface area contributed by atoms with Gasteiger partial charge in [0.25, 0.3) is 11.8 Å². The van der Waals surface area contributed by atoms with E-state index in [-0.39, 0.29) is 17.7 Å². The number of hydrogen-bond acceptors (Lipinski definition) is 6. The first kappa shape index (κ1) is 23.9. The lowest BCUT2D eigenvalue weighted by Crippen LogP contribution is -2.40. The maximum atomic E-state index is 13.4. The molecule has 9 nitrogen and oxygen atoms in total. The average Bonchev–Trinajstić information content (AvgIpc) is 3.51. The highest BCUT2D eigenvalue weighted by Gasteiger charge is 2.41. The summed E-state index contributed by atoms with van der Waals surface area (Å²) < 4.78 is 13.7. The molecule has 0 radical (unpaired) electrons. The summed E-state index contributed by atoms with van der Waals surface area (Å²) in [5.74, 6) is 1.33. The Labute approximate surface area is 208 Å². The van der Waals surface area contributed by atoms with E-state index in [1.165, 1.54) is 0 Å². The number of nitrogens with one attached hydrogen (secondary N) is 1. The number of carbonyl (C=O) groups excluding carboxylic acids is 2. The molecule has 1 fully saturated rings. The average molecular weight is 491 g/mol. The van der Waals surface area contributed by atoms with E-state index in [0.29, 0.717) is 64.4 Å². The van der Waals surface area contributed by atoms with Crippen LogP contribution < -0.4 is 10.1 Å². The lowest BCUT2D eigenvalue weighted by atomic mass is 9.90. The third-order valence-corrected chi connectivity index (χ3v) is 7.28. The van der Waals surface area contributed by atoms with Crippen LogP contribution in [-0.4, -0.2) is 57.2 Å². The van der Waals surface area contributed by atoms with Crippen LogP contribution in [0.4, 0.5) is 0 Å². The minimum atomic E-state index is -0.865. The molecule has 0 saturated carbocycles. The summed E-state index contributed by atoms with van der Waals surface area (Å²) in [5.41, 5.74) is 2.14. The van der Waals surface area contributed by atoms with Gasteiger partial charge >= 0.3 is 0 Å². The Bertz CT molecular complexity index is 1500. The Balaban J connectivity index is 1.47. The molecule has 5 rings (SSSR count). The first-order valence-corrected chi connectivity index (χ1v) is 12.0. The molecule has 1 aliphatic heterocycles. The monoisotopic (exact) mass is 490 g/mol. The number of β-amino-alcohol motifs (C(OH)–C–C–N with tert-alkyl or cyclic N) is 1. The van der Waals surface area contributed by atoms with Crippen LogP contribution >= 0.6 is 0 Å². The van der Waals surface area contributed by atoms with Gasteiger partial charge in [0.1, 0.15) is 22.6 Å². The molecule has 9 heteroatoms. The molecule has 188 valence electrons. The summed E-state index contributed by atoms with van der Waals surface area (Å²) in [6.45, 7) is 8.39. The molecule has 1 aliphatic rings. The van der Waals surface area contributed by atoms with Gasteiger partial charge in [-0.1, -0.05) is 13.8 Å². The van der Waals surface area contributed by atoms with Crippen LogP contribution in [0.1, 0.15) is 52.3 Å². The lowest BCUT2D eigenvalue weighted by Gasteiger charge is -2.27. The standard InChI is InChI=1S/C27H30N4O5/c1-15(2)27(34)9-11-30(14-27)26(33)20-13-31-24(16(20)3)21(8-10-29-31)36-18-6-7-19-22(12-18)35-17(4)23(19)25(32)28-5/h6-8,10,12-13,15,34H,9,11,14H2,1-5H3,(H,28,32). The van der Waals surface area contributed by atoms with Crippen molar-refractivity contribution in [2.45, 2.75) is 39.7 Å². The van der Waals surface area contributed by atoms with Gasteiger partial charge in [-0.25, -0.2) is 4.52 Å². The Morgan fingerprint density at radius 1 is 1.25 bits per heavy atom. The fraction of sp³-hybridized carbons (Fsp3) is 0.370. The first-order valence-electron chi connectivity index (χ1n) is 12.0. The minimum Gasteiger partial charge on any atom is -0.460 e. The van der Waals surface area contributed by atoms with E-state index in [9.17, 15) is 14.7 Å². The molecule has 4 heterocycles. The van der Waals surface area contributed by atoms with Crippen molar-refractivity contribution in [2.75, 3.05) is 20.1 Å². The number of fused-ring (bicyclic) bond motifs is 2. The number of likely N-dealkylation sites (tertiary alicyclic amines) is 1. The Kier molecular flexibility index (Phi) is 5.75. The van der Waals surface area contributed by atoms with E-state index in [2.05, 4.69) is 10.4 Å². The molecule has 0 bridgehead atoms. The van der Waals surface area contributed by atoms with Gasteiger partial charge in [0.2, 0.25) is 0 Å².